The molecule has 1 atom stereocenters. The third kappa shape index (κ3) is 8.85. The summed E-state index contributed by atoms with van der Waals surface area (Å²) in [7, 11) is 0. The maximum absolute atomic E-state index is 10.7. The van der Waals surface area contributed by atoms with Crippen LogP contribution in [0.4, 0.5) is 0 Å². The molecule has 1 heterocycles. The smallest absolute Gasteiger partial charge is 0.191 e. The summed E-state index contributed by atoms with van der Waals surface area (Å²) >= 11 is 6.01. The van der Waals surface area contributed by atoms with Crippen LogP contribution in [0, 0.1) is 0 Å². The number of hydrogen-bond acceptors (Lipinski definition) is 4. The molecule has 0 aromatic heterocycles. The van der Waals surface area contributed by atoms with Crippen LogP contribution in [0.15, 0.2) is 29.3 Å². The first-order valence-corrected chi connectivity index (χ1v) is 9.15. The largest absolute Gasteiger partial charge is 0.387 e. The van der Waals surface area contributed by atoms with E-state index in [1.807, 2.05) is 38.1 Å². The van der Waals surface area contributed by atoms with Crippen molar-refractivity contribution in [3.05, 3.63) is 34.9 Å². The van der Waals surface area contributed by atoms with Gasteiger partial charge in [-0.05, 0) is 31.5 Å². The highest BCUT2D eigenvalue weighted by Gasteiger charge is 2.25. The molecule has 26 heavy (non-hydrogen) atoms. The van der Waals surface area contributed by atoms with Gasteiger partial charge in [0.25, 0.3) is 0 Å². The lowest BCUT2D eigenvalue weighted by Crippen LogP contribution is -2.52. The first-order valence-electron chi connectivity index (χ1n) is 8.77. The summed E-state index contributed by atoms with van der Waals surface area (Å²) < 4.78 is 5.35. The minimum absolute atomic E-state index is 0. The highest BCUT2D eigenvalue weighted by Crippen LogP contribution is 2.11. The van der Waals surface area contributed by atoms with Crippen LogP contribution >= 0.6 is 35.6 Å². The van der Waals surface area contributed by atoms with E-state index in [1.54, 1.807) is 0 Å². The second-order valence-corrected chi connectivity index (χ2v) is 7.00. The average molecular weight is 497 g/mol. The van der Waals surface area contributed by atoms with E-state index in [1.165, 1.54) is 0 Å². The summed E-state index contributed by atoms with van der Waals surface area (Å²) in [5.41, 5.74) is 0.202. The van der Waals surface area contributed by atoms with Crippen LogP contribution in [0.1, 0.15) is 19.4 Å². The molecule has 6 nitrogen and oxygen atoms in total. The van der Waals surface area contributed by atoms with Crippen molar-refractivity contribution >= 4 is 41.5 Å². The van der Waals surface area contributed by atoms with Crippen LogP contribution in [0.3, 0.4) is 0 Å². The van der Waals surface area contributed by atoms with Crippen molar-refractivity contribution in [1.29, 1.82) is 0 Å². The molecule has 3 N–H and O–H groups in total. The van der Waals surface area contributed by atoms with Gasteiger partial charge in [-0.25, -0.2) is 4.99 Å². The number of ether oxygens (including phenoxy) is 1. The first kappa shape index (κ1) is 23.4. The fourth-order valence-corrected chi connectivity index (χ4v) is 2.93. The van der Waals surface area contributed by atoms with Gasteiger partial charge in [-0.15, -0.1) is 24.0 Å². The lowest BCUT2D eigenvalue weighted by atomic mass is 10.1. The number of nitrogens with one attached hydrogen (secondary N) is 2. The van der Waals surface area contributed by atoms with Gasteiger partial charge in [0.2, 0.25) is 0 Å². The van der Waals surface area contributed by atoms with Crippen molar-refractivity contribution in [2.45, 2.75) is 26.0 Å². The minimum atomic E-state index is -0.844. The Labute approximate surface area is 178 Å². The maximum Gasteiger partial charge on any atom is 0.191 e. The number of guanidine groups is 1. The molecule has 0 bridgehead atoms. The molecule has 0 radical (unpaired) electrons. The summed E-state index contributed by atoms with van der Waals surface area (Å²) in [5, 5.41) is 17.8. The van der Waals surface area contributed by atoms with Gasteiger partial charge in [0.15, 0.2) is 5.96 Å². The standard InChI is InChI=1S/C18H29ClN4O2.HI/c1-3-20-17(21-12-15-5-4-6-16(19)11-15)22-13-18(2,24)14-23-7-9-25-10-8-23;/h4-6,11,24H,3,7-10,12-14H2,1-2H3,(H2,20,21,22);1H. The molecule has 0 saturated carbocycles. The lowest BCUT2D eigenvalue weighted by molar-refractivity contribution is -0.0201. The Morgan fingerprint density at radius 2 is 2.08 bits per heavy atom. The Kier molecular flexibility index (Phi) is 10.8. The summed E-state index contributed by atoms with van der Waals surface area (Å²) in [5.74, 6) is 0.685. The highest BCUT2D eigenvalue weighted by atomic mass is 127. The van der Waals surface area contributed by atoms with Gasteiger partial charge in [0, 0.05) is 37.7 Å². The van der Waals surface area contributed by atoms with Gasteiger partial charge >= 0.3 is 0 Å². The van der Waals surface area contributed by atoms with E-state index in [0.717, 1.165) is 38.4 Å². The number of nitrogens with zero attached hydrogens (tertiary/aromatic N) is 2. The molecular formula is C18H30ClIN4O2. The molecule has 0 aliphatic carbocycles. The van der Waals surface area contributed by atoms with Crippen molar-refractivity contribution in [1.82, 2.24) is 15.5 Å². The zero-order valence-corrected chi connectivity index (χ0v) is 18.6. The Balaban J connectivity index is 0.00000338. The predicted molar refractivity (Wildman–Crippen MR) is 118 cm³/mol. The Bertz CT molecular complexity index is 566. The van der Waals surface area contributed by atoms with Crippen LogP contribution in [-0.4, -0.2) is 67.5 Å². The Hall–Kier alpha value is -0.610. The molecule has 1 aromatic carbocycles. The number of β-amino-alcohol motifs (C(OH)–C–C–N with tert-alkyl or cyclic N) is 1. The minimum Gasteiger partial charge on any atom is -0.387 e. The zero-order chi connectivity index (χ0) is 18.1. The molecule has 1 aliphatic rings. The third-order valence-corrected chi connectivity index (χ3v) is 4.19. The SMILES string of the molecule is CCNC(=NCc1cccc(Cl)c1)NCC(C)(O)CN1CCOCC1.I. The molecule has 0 spiro atoms. The lowest BCUT2D eigenvalue weighted by Gasteiger charge is -2.34. The van der Waals surface area contributed by atoms with Gasteiger partial charge in [-0.1, -0.05) is 23.7 Å². The fraction of sp³-hybridized carbons (Fsp3) is 0.611. The molecule has 1 saturated heterocycles. The molecule has 148 valence electrons. The van der Waals surface area contributed by atoms with E-state index in [2.05, 4.69) is 20.5 Å². The number of aliphatic hydroxyl groups is 1. The topological polar surface area (TPSA) is 69.1 Å². The Morgan fingerprint density at radius 3 is 2.73 bits per heavy atom. The van der Waals surface area contributed by atoms with Gasteiger partial charge in [-0.3, -0.25) is 4.90 Å². The van der Waals surface area contributed by atoms with Gasteiger partial charge in [0.1, 0.15) is 0 Å². The second kappa shape index (κ2) is 12.0. The van der Waals surface area contributed by atoms with E-state index in [9.17, 15) is 5.11 Å². The summed E-state index contributed by atoms with van der Waals surface area (Å²) in [4.78, 5) is 6.79. The molecule has 1 unspecified atom stereocenters. The number of halogens is 2. The zero-order valence-electron chi connectivity index (χ0n) is 15.5. The number of morpholine rings is 1. The number of benzene rings is 1. The fourth-order valence-electron chi connectivity index (χ4n) is 2.72. The molecule has 1 fully saturated rings. The van der Waals surface area contributed by atoms with Crippen LogP contribution in [0.25, 0.3) is 0 Å². The number of rotatable bonds is 7. The van der Waals surface area contributed by atoms with Crippen LogP contribution in [-0.2, 0) is 11.3 Å². The van der Waals surface area contributed by atoms with E-state index < -0.39 is 5.60 Å². The van der Waals surface area contributed by atoms with Gasteiger partial charge in [0.05, 0.1) is 25.4 Å². The first-order chi connectivity index (χ1) is 12.0. The summed E-state index contributed by atoms with van der Waals surface area (Å²) in [6.45, 7) is 9.36. The van der Waals surface area contributed by atoms with Gasteiger partial charge in [-0.2, -0.15) is 0 Å². The van der Waals surface area contributed by atoms with E-state index in [0.29, 0.717) is 30.6 Å². The quantitative estimate of drug-likeness (QED) is 0.306. The average Bonchev–Trinajstić information content (AvgIpc) is 2.58. The van der Waals surface area contributed by atoms with Crippen LogP contribution in [0.5, 0.6) is 0 Å². The van der Waals surface area contributed by atoms with Crippen LogP contribution in [0.2, 0.25) is 5.02 Å². The number of hydrogen-bond donors (Lipinski definition) is 3. The molecule has 1 aromatic rings. The highest BCUT2D eigenvalue weighted by molar-refractivity contribution is 14.0. The second-order valence-electron chi connectivity index (χ2n) is 6.56. The van der Waals surface area contributed by atoms with E-state index >= 15 is 0 Å². The molecule has 2 rings (SSSR count). The Morgan fingerprint density at radius 1 is 1.35 bits per heavy atom. The molecule has 1 aliphatic heterocycles. The van der Waals surface area contributed by atoms with Crippen molar-refractivity contribution in [3.8, 4) is 0 Å². The monoisotopic (exact) mass is 496 g/mol. The molecular weight excluding hydrogens is 467 g/mol. The number of aliphatic imine (C=N–C) groups is 1. The summed E-state index contributed by atoms with van der Waals surface area (Å²) in [6.07, 6.45) is 0. The summed E-state index contributed by atoms with van der Waals surface area (Å²) in [6, 6.07) is 7.67. The van der Waals surface area contributed by atoms with Crippen molar-refractivity contribution in [3.63, 3.8) is 0 Å². The van der Waals surface area contributed by atoms with Crippen molar-refractivity contribution in [2.24, 2.45) is 4.99 Å². The third-order valence-electron chi connectivity index (χ3n) is 3.96. The molecule has 0 amide bonds. The van der Waals surface area contributed by atoms with E-state index in [-0.39, 0.29) is 24.0 Å². The normalized spacial score (nSPS) is 17.9. The van der Waals surface area contributed by atoms with Gasteiger partial charge < -0.3 is 20.5 Å². The van der Waals surface area contributed by atoms with Crippen LogP contribution < -0.4 is 10.6 Å². The van der Waals surface area contributed by atoms with E-state index in [4.69, 9.17) is 16.3 Å². The van der Waals surface area contributed by atoms with Crippen molar-refractivity contribution < 1.29 is 9.84 Å². The van der Waals surface area contributed by atoms with Crippen molar-refractivity contribution in [2.75, 3.05) is 45.9 Å². The maximum atomic E-state index is 10.7. The predicted octanol–water partition coefficient (Wildman–Crippen LogP) is 2.10. The molecule has 8 heteroatoms.